The van der Waals surface area contributed by atoms with Gasteiger partial charge in [-0.1, -0.05) is 41.8 Å². The Bertz CT molecular complexity index is 462. The van der Waals surface area contributed by atoms with E-state index in [-0.39, 0.29) is 5.91 Å². The van der Waals surface area contributed by atoms with Gasteiger partial charge in [-0.25, -0.2) is 4.79 Å². The van der Waals surface area contributed by atoms with Gasteiger partial charge in [0.25, 0.3) is 5.91 Å². The van der Waals surface area contributed by atoms with E-state index in [2.05, 4.69) is 28.2 Å². The first kappa shape index (κ1) is 16.7. The summed E-state index contributed by atoms with van der Waals surface area (Å²) >= 11 is 3.30. The second kappa shape index (κ2) is 8.74. The summed E-state index contributed by atoms with van der Waals surface area (Å²) in [6, 6.07) is 6.35. The van der Waals surface area contributed by atoms with Gasteiger partial charge in [0, 0.05) is 10.0 Å². The van der Waals surface area contributed by atoms with Gasteiger partial charge in [-0.3, -0.25) is 4.79 Å². The van der Waals surface area contributed by atoms with Crippen molar-refractivity contribution in [1.82, 2.24) is 5.32 Å². The van der Waals surface area contributed by atoms with Crippen molar-refractivity contribution < 1.29 is 14.3 Å². The molecule has 1 aromatic carbocycles. The fraction of sp³-hybridized carbons (Fsp3) is 0.467. The number of ether oxygens (including phenoxy) is 1. The largest absolute Gasteiger partial charge is 0.464 e. The third kappa shape index (κ3) is 5.74. The molecule has 1 N–H and O–H groups in total. The highest BCUT2D eigenvalue weighted by molar-refractivity contribution is 9.10. The summed E-state index contributed by atoms with van der Waals surface area (Å²) in [5.41, 5.74) is 0.505. The highest BCUT2D eigenvalue weighted by atomic mass is 79.9. The third-order valence-corrected chi connectivity index (χ3v) is 3.27. The van der Waals surface area contributed by atoms with E-state index in [0.717, 1.165) is 23.7 Å². The summed E-state index contributed by atoms with van der Waals surface area (Å²) in [5.74, 6) is -0.686. The maximum atomic E-state index is 11.9. The zero-order chi connectivity index (χ0) is 15.0. The minimum Gasteiger partial charge on any atom is -0.464 e. The monoisotopic (exact) mass is 341 g/mol. The van der Waals surface area contributed by atoms with Crippen molar-refractivity contribution in [2.75, 3.05) is 6.61 Å². The molecule has 5 heteroatoms. The molecule has 1 atom stereocenters. The van der Waals surface area contributed by atoms with Gasteiger partial charge in [-0.2, -0.15) is 0 Å². The number of rotatable bonds is 7. The highest BCUT2D eigenvalue weighted by Crippen LogP contribution is 2.11. The second-order valence-corrected chi connectivity index (χ2v) is 5.50. The van der Waals surface area contributed by atoms with Crippen LogP contribution in [0.3, 0.4) is 0 Å². The molecule has 0 radical (unpaired) electrons. The van der Waals surface area contributed by atoms with E-state index in [1.807, 2.05) is 6.07 Å². The predicted molar refractivity (Wildman–Crippen MR) is 81.6 cm³/mol. The lowest BCUT2D eigenvalue weighted by Crippen LogP contribution is -2.39. The molecule has 1 rings (SSSR count). The van der Waals surface area contributed by atoms with E-state index in [0.29, 0.717) is 12.2 Å². The van der Waals surface area contributed by atoms with Crippen LogP contribution in [0.4, 0.5) is 0 Å². The molecule has 4 nitrogen and oxygen atoms in total. The minimum atomic E-state index is -0.650. The third-order valence-electron chi connectivity index (χ3n) is 2.78. The first-order valence-electron chi connectivity index (χ1n) is 6.77. The second-order valence-electron chi connectivity index (χ2n) is 4.58. The smallest absolute Gasteiger partial charge is 0.328 e. The van der Waals surface area contributed by atoms with Crippen LogP contribution in [0.1, 0.15) is 43.5 Å². The first-order valence-corrected chi connectivity index (χ1v) is 7.57. The zero-order valence-corrected chi connectivity index (χ0v) is 13.4. The molecule has 0 aromatic heterocycles. The molecular formula is C15H20BrNO3. The number of nitrogens with one attached hydrogen (secondary N) is 1. The Hall–Kier alpha value is -1.36. The van der Waals surface area contributed by atoms with Gasteiger partial charge in [-0.05, 0) is 31.5 Å². The number of carbonyl (C=O) groups is 2. The lowest BCUT2D eigenvalue weighted by molar-refractivity contribution is -0.145. The van der Waals surface area contributed by atoms with Crippen molar-refractivity contribution in [2.24, 2.45) is 0 Å². The maximum absolute atomic E-state index is 11.9. The molecule has 20 heavy (non-hydrogen) atoms. The number of hydrogen-bond acceptors (Lipinski definition) is 3. The van der Waals surface area contributed by atoms with Crippen molar-refractivity contribution in [1.29, 1.82) is 0 Å². The molecule has 0 saturated carbocycles. The molecule has 0 aliphatic heterocycles. The van der Waals surface area contributed by atoms with Gasteiger partial charge in [0.05, 0.1) is 6.61 Å². The van der Waals surface area contributed by atoms with Crippen LogP contribution in [0.15, 0.2) is 28.7 Å². The van der Waals surface area contributed by atoms with Crippen molar-refractivity contribution in [3.8, 4) is 0 Å². The summed E-state index contributed by atoms with van der Waals surface area (Å²) < 4.78 is 5.92. The Morgan fingerprint density at radius 3 is 2.75 bits per heavy atom. The summed E-state index contributed by atoms with van der Waals surface area (Å²) in [6.07, 6.45) is 2.97. The van der Waals surface area contributed by atoms with Crippen LogP contribution >= 0.6 is 15.9 Å². The van der Waals surface area contributed by atoms with E-state index < -0.39 is 12.0 Å². The van der Waals surface area contributed by atoms with Crippen LogP contribution in [0.5, 0.6) is 0 Å². The number of halogens is 1. The molecule has 0 saturated heterocycles. The quantitative estimate of drug-likeness (QED) is 0.611. The number of carbonyl (C=O) groups excluding carboxylic acids is 2. The molecule has 0 aliphatic carbocycles. The Morgan fingerprint density at radius 2 is 2.10 bits per heavy atom. The molecule has 1 aromatic rings. The lowest BCUT2D eigenvalue weighted by atomic mass is 10.2. The van der Waals surface area contributed by atoms with Crippen molar-refractivity contribution >= 4 is 27.8 Å². The number of hydrogen-bond donors (Lipinski definition) is 1. The predicted octanol–water partition coefficient (Wildman–Crippen LogP) is 3.30. The topological polar surface area (TPSA) is 55.4 Å². The van der Waals surface area contributed by atoms with Crippen LogP contribution in [0.25, 0.3) is 0 Å². The van der Waals surface area contributed by atoms with E-state index in [1.54, 1.807) is 25.1 Å². The first-order chi connectivity index (χ1) is 9.54. The molecular weight excluding hydrogens is 322 g/mol. The SMILES string of the molecule is CCCCCOC(=O)C(C)NC(=O)c1cccc(Br)c1. The van der Waals surface area contributed by atoms with Crippen LogP contribution in [-0.4, -0.2) is 24.5 Å². The molecule has 0 fully saturated rings. The average Bonchev–Trinajstić information content (AvgIpc) is 2.43. The van der Waals surface area contributed by atoms with Gasteiger partial charge < -0.3 is 10.1 Å². The highest BCUT2D eigenvalue weighted by Gasteiger charge is 2.17. The van der Waals surface area contributed by atoms with E-state index in [1.165, 1.54) is 0 Å². The van der Waals surface area contributed by atoms with Crippen molar-refractivity contribution in [3.05, 3.63) is 34.3 Å². The minimum absolute atomic E-state index is 0.288. The zero-order valence-electron chi connectivity index (χ0n) is 11.8. The number of amides is 1. The molecule has 1 unspecified atom stereocenters. The standard InChI is InChI=1S/C15H20BrNO3/c1-3-4-5-9-20-15(19)11(2)17-14(18)12-7-6-8-13(16)10-12/h6-8,10-11H,3-5,9H2,1-2H3,(H,17,18). The van der Waals surface area contributed by atoms with E-state index in [9.17, 15) is 9.59 Å². The van der Waals surface area contributed by atoms with Crippen LogP contribution in [0, 0.1) is 0 Å². The Labute approximate surface area is 128 Å². The van der Waals surface area contributed by atoms with Gasteiger partial charge in [0.15, 0.2) is 0 Å². The van der Waals surface area contributed by atoms with Crippen LogP contribution in [0.2, 0.25) is 0 Å². The molecule has 0 bridgehead atoms. The van der Waals surface area contributed by atoms with Gasteiger partial charge in [0.2, 0.25) is 0 Å². The van der Waals surface area contributed by atoms with E-state index >= 15 is 0 Å². The summed E-state index contributed by atoms with van der Waals surface area (Å²) in [5, 5.41) is 2.63. The summed E-state index contributed by atoms with van der Waals surface area (Å²) in [4.78, 5) is 23.6. The molecule has 110 valence electrons. The Balaban J connectivity index is 2.43. The number of unbranched alkanes of at least 4 members (excludes halogenated alkanes) is 2. The molecule has 0 aliphatic rings. The number of esters is 1. The lowest BCUT2D eigenvalue weighted by Gasteiger charge is -2.13. The fourth-order valence-corrected chi connectivity index (χ4v) is 2.02. The van der Waals surface area contributed by atoms with Gasteiger partial charge in [0.1, 0.15) is 6.04 Å². The summed E-state index contributed by atoms with van der Waals surface area (Å²) in [6.45, 7) is 4.12. The Kier molecular flexibility index (Phi) is 7.30. The van der Waals surface area contributed by atoms with Gasteiger partial charge in [-0.15, -0.1) is 0 Å². The van der Waals surface area contributed by atoms with Crippen molar-refractivity contribution in [3.63, 3.8) is 0 Å². The summed E-state index contributed by atoms with van der Waals surface area (Å²) in [7, 11) is 0. The molecule has 0 heterocycles. The fourth-order valence-electron chi connectivity index (χ4n) is 1.62. The number of benzene rings is 1. The maximum Gasteiger partial charge on any atom is 0.328 e. The normalized spacial score (nSPS) is 11.8. The van der Waals surface area contributed by atoms with E-state index in [4.69, 9.17) is 4.74 Å². The molecule has 0 spiro atoms. The van der Waals surface area contributed by atoms with Crippen LogP contribution < -0.4 is 5.32 Å². The molecule has 1 amide bonds. The van der Waals surface area contributed by atoms with Crippen LogP contribution in [-0.2, 0) is 9.53 Å². The van der Waals surface area contributed by atoms with Gasteiger partial charge >= 0.3 is 5.97 Å². The average molecular weight is 342 g/mol. The Morgan fingerprint density at radius 1 is 1.35 bits per heavy atom. The van der Waals surface area contributed by atoms with Crippen molar-refractivity contribution in [2.45, 2.75) is 39.2 Å².